The van der Waals surface area contributed by atoms with Gasteiger partial charge in [-0.25, -0.2) is 4.98 Å². The number of aromatic nitrogens is 2. The Balaban J connectivity index is 1.95. The number of hydrogen-bond donors (Lipinski definition) is 1. The molecule has 4 nitrogen and oxygen atoms in total. The lowest BCUT2D eigenvalue weighted by atomic mass is 10.4. The zero-order chi connectivity index (χ0) is 11.4. The Bertz CT molecular complexity index is 510. The van der Waals surface area contributed by atoms with E-state index in [-0.39, 0.29) is 16.5 Å². The standard InChI is InChI=1S/C10H9ClN2O2S/c11-8-9(14)12-6-13-10(8)15-4-3-7-2-1-5-16-7/h1-2,5-6H,3-4H2,(H,12,13,14). The molecule has 2 rings (SSSR count). The summed E-state index contributed by atoms with van der Waals surface area (Å²) < 4.78 is 5.33. The van der Waals surface area contributed by atoms with E-state index in [0.717, 1.165) is 6.42 Å². The summed E-state index contributed by atoms with van der Waals surface area (Å²) in [4.78, 5) is 18.6. The SMILES string of the molecule is O=c1[nH]cnc(OCCc2cccs2)c1Cl. The molecule has 0 aliphatic heterocycles. The second kappa shape index (κ2) is 5.14. The van der Waals surface area contributed by atoms with E-state index < -0.39 is 0 Å². The first-order chi connectivity index (χ1) is 7.77. The van der Waals surface area contributed by atoms with Crippen LogP contribution in [0.1, 0.15) is 4.88 Å². The summed E-state index contributed by atoms with van der Waals surface area (Å²) in [5, 5.41) is 2.00. The number of H-pyrrole nitrogens is 1. The van der Waals surface area contributed by atoms with Crippen molar-refractivity contribution in [3.05, 3.63) is 44.1 Å². The van der Waals surface area contributed by atoms with Crippen molar-refractivity contribution >= 4 is 22.9 Å². The summed E-state index contributed by atoms with van der Waals surface area (Å²) in [5.74, 6) is 0.182. The van der Waals surface area contributed by atoms with Gasteiger partial charge in [0.05, 0.1) is 12.9 Å². The van der Waals surface area contributed by atoms with E-state index >= 15 is 0 Å². The molecule has 0 spiro atoms. The Kier molecular flexibility index (Phi) is 3.58. The molecule has 0 saturated carbocycles. The molecule has 6 heteroatoms. The molecular formula is C10H9ClN2O2S. The van der Waals surface area contributed by atoms with Crippen LogP contribution < -0.4 is 10.3 Å². The number of nitrogens with zero attached hydrogens (tertiary/aromatic N) is 1. The molecule has 1 N–H and O–H groups in total. The first kappa shape index (κ1) is 11.2. The first-order valence-electron chi connectivity index (χ1n) is 4.66. The van der Waals surface area contributed by atoms with Crippen molar-refractivity contribution in [1.82, 2.24) is 9.97 Å². The van der Waals surface area contributed by atoms with Crippen molar-refractivity contribution in [1.29, 1.82) is 0 Å². The second-order valence-corrected chi connectivity index (χ2v) is 4.44. The molecule has 16 heavy (non-hydrogen) atoms. The molecule has 84 valence electrons. The minimum atomic E-state index is -0.386. The highest BCUT2D eigenvalue weighted by Gasteiger charge is 2.06. The zero-order valence-electron chi connectivity index (χ0n) is 8.27. The molecule has 2 heterocycles. The van der Waals surface area contributed by atoms with E-state index in [1.54, 1.807) is 11.3 Å². The normalized spacial score (nSPS) is 10.3. The molecule has 0 amide bonds. The number of aromatic amines is 1. The number of rotatable bonds is 4. The fourth-order valence-corrected chi connectivity index (χ4v) is 2.02. The monoisotopic (exact) mass is 256 g/mol. The lowest BCUT2D eigenvalue weighted by Crippen LogP contribution is -2.10. The van der Waals surface area contributed by atoms with E-state index in [1.807, 2.05) is 17.5 Å². The molecule has 0 unspecified atom stereocenters. The summed E-state index contributed by atoms with van der Waals surface area (Å²) in [5.41, 5.74) is -0.386. The van der Waals surface area contributed by atoms with E-state index in [1.165, 1.54) is 11.2 Å². The fraction of sp³-hybridized carbons (Fsp3) is 0.200. The van der Waals surface area contributed by atoms with Crippen LogP contribution in [0.2, 0.25) is 5.02 Å². The van der Waals surface area contributed by atoms with Crippen LogP contribution in [-0.2, 0) is 6.42 Å². The molecule has 0 aliphatic carbocycles. The summed E-state index contributed by atoms with van der Waals surface area (Å²) in [6.45, 7) is 0.455. The molecule has 2 aromatic heterocycles. The number of thiophene rings is 1. The van der Waals surface area contributed by atoms with Gasteiger partial charge in [-0.15, -0.1) is 11.3 Å². The first-order valence-corrected chi connectivity index (χ1v) is 5.91. The Morgan fingerprint density at radius 3 is 3.19 bits per heavy atom. The van der Waals surface area contributed by atoms with Crippen molar-refractivity contribution in [2.75, 3.05) is 6.61 Å². The van der Waals surface area contributed by atoms with Crippen LogP contribution in [0.4, 0.5) is 0 Å². The number of nitrogens with one attached hydrogen (secondary N) is 1. The minimum absolute atomic E-state index is 0.00585. The molecule has 0 atom stereocenters. The number of hydrogen-bond acceptors (Lipinski definition) is 4. The van der Waals surface area contributed by atoms with Crippen molar-refractivity contribution in [3.63, 3.8) is 0 Å². The Morgan fingerprint density at radius 2 is 2.44 bits per heavy atom. The summed E-state index contributed by atoms with van der Waals surface area (Å²) in [6, 6.07) is 4.01. The molecule has 2 aromatic rings. The summed E-state index contributed by atoms with van der Waals surface area (Å²) >= 11 is 7.39. The lowest BCUT2D eigenvalue weighted by molar-refractivity contribution is 0.309. The quantitative estimate of drug-likeness (QED) is 0.912. The van der Waals surface area contributed by atoms with Gasteiger partial charge in [0, 0.05) is 11.3 Å². The highest BCUT2D eigenvalue weighted by atomic mass is 35.5. The number of ether oxygens (including phenoxy) is 1. The van der Waals surface area contributed by atoms with Crippen LogP contribution >= 0.6 is 22.9 Å². The molecule has 0 fully saturated rings. The second-order valence-electron chi connectivity index (χ2n) is 3.03. The molecule has 0 aromatic carbocycles. The van der Waals surface area contributed by atoms with Gasteiger partial charge in [-0.3, -0.25) is 4.79 Å². The van der Waals surface area contributed by atoms with Crippen LogP contribution in [0, 0.1) is 0 Å². The third-order valence-corrected chi connectivity index (χ3v) is 3.20. The van der Waals surface area contributed by atoms with Crippen molar-refractivity contribution in [2.45, 2.75) is 6.42 Å². The highest BCUT2D eigenvalue weighted by Crippen LogP contribution is 2.16. The predicted molar refractivity (Wildman–Crippen MR) is 63.4 cm³/mol. The highest BCUT2D eigenvalue weighted by molar-refractivity contribution is 7.09. The Labute approximate surface area is 101 Å². The van der Waals surface area contributed by atoms with Crippen molar-refractivity contribution < 1.29 is 4.74 Å². The van der Waals surface area contributed by atoms with Gasteiger partial charge in [0.2, 0.25) is 5.88 Å². The van der Waals surface area contributed by atoms with Crippen LogP contribution in [0.25, 0.3) is 0 Å². The number of halogens is 1. The van der Waals surface area contributed by atoms with E-state index in [2.05, 4.69) is 9.97 Å². The maximum atomic E-state index is 11.1. The van der Waals surface area contributed by atoms with Gasteiger partial charge >= 0.3 is 0 Å². The fourth-order valence-electron chi connectivity index (χ4n) is 1.17. The van der Waals surface area contributed by atoms with Gasteiger partial charge in [-0.1, -0.05) is 17.7 Å². The topological polar surface area (TPSA) is 55.0 Å². The average Bonchev–Trinajstić information content (AvgIpc) is 2.77. The van der Waals surface area contributed by atoms with Crippen LogP contribution in [0.15, 0.2) is 28.6 Å². The van der Waals surface area contributed by atoms with Crippen LogP contribution in [-0.4, -0.2) is 16.6 Å². The largest absolute Gasteiger partial charge is 0.476 e. The third-order valence-electron chi connectivity index (χ3n) is 1.93. The van der Waals surface area contributed by atoms with Gasteiger partial charge in [0.15, 0.2) is 5.02 Å². The third kappa shape index (κ3) is 2.62. The molecular weight excluding hydrogens is 248 g/mol. The van der Waals surface area contributed by atoms with E-state index in [0.29, 0.717) is 6.61 Å². The maximum Gasteiger partial charge on any atom is 0.273 e. The van der Waals surface area contributed by atoms with Gasteiger partial charge in [-0.05, 0) is 11.4 Å². The smallest absolute Gasteiger partial charge is 0.273 e. The van der Waals surface area contributed by atoms with E-state index in [4.69, 9.17) is 16.3 Å². The summed E-state index contributed by atoms with van der Waals surface area (Å²) in [6.07, 6.45) is 2.05. The van der Waals surface area contributed by atoms with Crippen LogP contribution in [0.3, 0.4) is 0 Å². The molecule has 0 bridgehead atoms. The minimum Gasteiger partial charge on any atom is -0.476 e. The molecule has 0 radical (unpaired) electrons. The van der Waals surface area contributed by atoms with Gasteiger partial charge in [-0.2, -0.15) is 0 Å². The van der Waals surface area contributed by atoms with Gasteiger partial charge < -0.3 is 9.72 Å². The molecule has 0 aliphatic rings. The summed E-state index contributed by atoms with van der Waals surface area (Å²) in [7, 11) is 0. The lowest BCUT2D eigenvalue weighted by Gasteiger charge is -2.04. The molecule has 0 saturated heterocycles. The predicted octanol–water partition coefficient (Wildman–Crippen LogP) is 2.11. The van der Waals surface area contributed by atoms with Gasteiger partial charge in [0.1, 0.15) is 0 Å². The Hall–Kier alpha value is -1.33. The van der Waals surface area contributed by atoms with Gasteiger partial charge in [0.25, 0.3) is 5.56 Å². The van der Waals surface area contributed by atoms with Crippen molar-refractivity contribution in [3.8, 4) is 5.88 Å². The maximum absolute atomic E-state index is 11.1. The van der Waals surface area contributed by atoms with Crippen LogP contribution in [0.5, 0.6) is 5.88 Å². The van der Waals surface area contributed by atoms with E-state index in [9.17, 15) is 4.79 Å². The average molecular weight is 257 g/mol. The Morgan fingerprint density at radius 1 is 1.56 bits per heavy atom. The van der Waals surface area contributed by atoms with Crippen molar-refractivity contribution in [2.24, 2.45) is 0 Å². The zero-order valence-corrected chi connectivity index (χ0v) is 9.85.